The Bertz CT molecular complexity index is 964. The van der Waals surface area contributed by atoms with Gasteiger partial charge in [-0.3, -0.25) is 4.90 Å². The van der Waals surface area contributed by atoms with Crippen molar-refractivity contribution in [1.29, 1.82) is 0 Å². The Morgan fingerprint density at radius 2 is 2.00 bits per heavy atom. The molecular weight excluding hydrogens is 404 g/mol. The van der Waals surface area contributed by atoms with Gasteiger partial charge in [0.2, 0.25) is 0 Å². The molecule has 0 N–H and O–H groups in total. The number of nitrogens with zero attached hydrogens (tertiary/aromatic N) is 4. The monoisotopic (exact) mass is 428 g/mol. The molecule has 6 nitrogen and oxygen atoms in total. The number of hydrogen-bond acceptors (Lipinski definition) is 5. The zero-order chi connectivity index (χ0) is 19.8. The molecule has 0 radical (unpaired) electrons. The van der Waals surface area contributed by atoms with Gasteiger partial charge in [0.1, 0.15) is 0 Å². The van der Waals surface area contributed by atoms with E-state index in [0.717, 1.165) is 17.9 Å². The maximum Gasteiger partial charge on any atom is 0.199 e. The standard InChI is InChI=1S/C18H25ClN4O2S2/c1-13(2)10-22(16-8-9-27(24,25)11-16)12-23-18(26)21(3)17(20-23)14-4-6-15(19)7-5-14/h4-7,13,16H,8-12H2,1-3H3/t16-/m0/s1. The molecule has 2 aromatic rings. The molecule has 1 aromatic heterocycles. The molecule has 0 aliphatic carbocycles. The lowest BCUT2D eigenvalue weighted by atomic mass is 10.1. The maximum atomic E-state index is 11.9. The Hall–Kier alpha value is -1.22. The number of sulfone groups is 1. The van der Waals surface area contributed by atoms with E-state index in [1.807, 2.05) is 35.9 Å². The lowest BCUT2D eigenvalue weighted by molar-refractivity contribution is 0.137. The van der Waals surface area contributed by atoms with Crippen LogP contribution in [0.4, 0.5) is 0 Å². The molecule has 27 heavy (non-hydrogen) atoms. The Morgan fingerprint density at radius 1 is 1.33 bits per heavy atom. The van der Waals surface area contributed by atoms with E-state index in [9.17, 15) is 8.42 Å². The van der Waals surface area contributed by atoms with Gasteiger partial charge in [-0.2, -0.15) is 5.10 Å². The maximum absolute atomic E-state index is 11.9. The summed E-state index contributed by atoms with van der Waals surface area (Å²) in [6.07, 6.45) is 0.666. The van der Waals surface area contributed by atoms with Gasteiger partial charge in [0.05, 0.1) is 18.2 Å². The van der Waals surface area contributed by atoms with E-state index in [0.29, 0.717) is 28.8 Å². The predicted octanol–water partition coefficient (Wildman–Crippen LogP) is 3.37. The quantitative estimate of drug-likeness (QED) is 0.660. The summed E-state index contributed by atoms with van der Waals surface area (Å²) in [4.78, 5) is 2.20. The second-order valence-corrected chi connectivity index (χ2v) is 10.6. The molecular formula is C18H25ClN4O2S2. The molecule has 148 valence electrons. The molecule has 0 amide bonds. The van der Waals surface area contributed by atoms with Crippen molar-refractivity contribution in [1.82, 2.24) is 19.2 Å². The Kier molecular flexibility index (Phi) is 6.10. The van der Waals surface area contributed by atoms with Crippen molar-refractivity contribution in [3.8, 4) is 11.4 Å². The highest BCUT2D eigenvalue weighted by Crippen LogP contribution is 2.22. The fourth-order valence-corrected chi connectivity index (χ4v) is 5.53. The minimum absolute atomic E-state index is 0.0142. The molecule has 0 bridgehead atoms. The normalized spacial score (nSPS) is 19.3. The van der Waals surface area contributed by atoms with Crippen molar-refractivity contribution in [2.75, 3.05) is 18.1 Å². The summed E-state index contributed by atoms with van der Waals surface area (Å²) in [5.41, 5.74) is 0.936. The van der Waals surface area contributed by atoms with Gasteiger partial charge in [-0.05, 0) is 48.8 Å². The van der Waals surface area contributed by atoms with Crippen LogP contribution in [-0.4, -0.2) is 51.8 Å². The molecule has 1 aliphatic rings. The second kappa shape index (κ2) is 8.03. The van der Waals surface area contributed by atoms with Crippen LogP contribution in [-0.2, 0) is 23.6 Å². The van der Waals surface area contributed by atoms with Crippen LogP contribution in [0.25, 0.3) is 11.4 Å². The number of aromatic nitrogens is 3. The number of hydrogen-bond donors (Lipinski definition) is 0. The SMILES string of the molecule is CC(C)CN(Cn1nc(-c2ccc(Cl)cc2)n(C)c1=S)[C@H]1CCS(=O)(=O)C1. The third kappa shape index (κ3) is 4.80. The fraction of sp³-hybridized carbons (Fsp3) is 0.556. The predicted molar refractivity (Wildman–Crippen MR) is 111 cm³/mol. The van der Waals surface area contributed by atoms with Crippen molar-refractivity contribution in [3.05, 3.63) is 34.1 Å². The van der Waals surface area contributed by atoms with Crippen molar-refractivity contribution < 1.29 is 8.42 Å². The van der Waals surface area contributed by atoms with Gasteiger partial charge in [0.15, 0.2) is 20.4 Å². The first-order valence-corrected chi connectivity index (χ1v) is 11.6. The van der Waals surface area contributed by atoms with Gasteiger partial charge in [-0.15, -0.1) is 0 Å². The van der Waals surface area contributed by atoms with Crippen LogP contribution >= 0.6 is 23.8 Å². The summed E-state index contributed by atoms with van der Waals surface area (Å²) >= 11 is 11.6. The van der Waals surface area contributed by atoms with Crippen LogP contribution in [0.5, 0.6) is 0 Å². The molecule has 0 saturated carbocycles. The lowest BCUT2D eigenvalue weighted by Crippen LogP contribution is -2.40. The van der Waals surface area contributed by atoms with E-state index in [1.54, 1.807) is 4.68 Å². The Morgan fingerprint density at radius 3 is 2.56 bits per heavy atom. The van der Waals surface area contributed by atoms with Crippen molar-refractivity contribution >= 4 is 33.7 Å². The summed E-state index contributed by atoms with van der Waals surface area (Å²) in [5.74, 6) is 1.65. The van der Waals surface area contributed by atoms with Gasteiger partial charge in [-0.25, -0.2) is 13.1 Å². The first-order chi connectivity index (χ1) is 12.7. The first kappa shape index (κ1) is 20.5. The second-order valence-electron chi connectivity index (χ2n) is 7.54. The molecule has 1 saturated heterocycles. The molecule has 0 unspecified atom stereocenters. The van der Waals surface area contributed by atoms with E-state index < -0.39 is 9.84 Å². The minimum Gasteiger partial charge on any atom is -0.303 e. The fourth-order valence-electron chi connectivity index (χ4n) is 3.46. The summed E-state index contributed by atoms with van der Waals surface area (Å²) in [6, 6.07) is 7.50. The smallest absolute Gasteiger partial charge is 0.199 e. The average molecular weight is 429 g/mol. The van der Waals surface area contributed by atoms with Crippen LogP contribution in [0.2, 0.25) is 5.02 Å². The first-order valence-electron chi connectivity index (χ1n) is 9.00. The van der Waals surface area contributed by atoms with E-state index in [4.69, 9.17) is 28.9 Å². The highest BCUT2D eigenvalue weighted by atomic mass is 35.5. The third-order valence-corrected chi connectivity index (χ3v) is 7.27. The van der Waals surface area contributed by atoms with Crippen LogP contribution in [0.3, 0.4) is 0 Å². The van der Waals surface area contributed by atoms with Crippen LogP contribution in [0.1, 0.15) is 20.3 Å². The highest BCUT2D eigenvalue weighted by molar-refractivity contribution is 7.91. The molecule has 1 atom stereocenters. The molecule has 9 heteroatoms. The summed E-state index contributed by atoms with van der Waals surface area (Å²) in [7, 11) is -1.05. The van der Waals surface area contributed by atoms with Crippen molar-refractivity contribution in [2.45, 2.75) is 33.0 Å². The summed E-state index contributed by atoms with van der Waals surface area (Å²) < 4.78 is 28.1. The third-order valence-electron chi connectivity index (χ3n) is 4.78. The Balaban J connectivity index is 1.89. The molecule has 2 heterocycles. The van der Waals surface area contributed by atoms with Gasteiger partial charge >= 0.3 is 0 Å². The molecule has 0 spiro atoms. The van der Waals surface area contributed by atoms with Crippen molar-refractivity contribution in [3.63, 3.8) is 0 Å². The summed E-state index contributed by atoms with van der Waals surface area (Å²) in [5, 5.41) is 5.38. The van der Waals surface area contributed by atoms with E-state index in [-0.39, 0.29) is 17.5 Å². The molecule has 3 rings (SSSR count). The van der Waals surface area contributed by atoms with E-state index in [2.05, 4.69) is 18.7 Å². The lowest BCUT2D eigenvalue weighted by Gasteiger charge is -2.29. The minimum atomic E-state index is -2.94. The van der Waals surface area contributed by atoms with Crippen LogP contribution in [0, 0.1) is 10.7 Å². The van der Waals surface area contributed by atoms with Crippen LogP contribution in [0.15, 0.2) is 24.3 Å². The van der Waals surface area contributed by atoms with Gasteiger partial charge < -0.3 is 4.57 Å². The zero-order valence-electron chi connectivity index (χ0n) is 15.8. The van der Waals surface area contributed by atoms with Gasteiger partial charge in [0, 0.05) is 30.2 Å². The number of rotatable bonds is 6. The number of benzene rings is 1. The van der Waals surface area contributed by atoms with Gasteiger partial charge in [-0.1, -0.05) is 25.4 Å². The Labute approximate surface area is 170 Å². The topological polar surface area (TPSA) is 60.1 Å². The average Bonchev–Trinajstić information content (AvgIpc) is 3.09. The van der Waals surface area contributed by atoms with Gasteiger partial charge in [0.25, 0.3) is 0 Å². The number of halogens is 1. The highest BCUT2D eigenvalue weighted by Gasteiger charge is 2.33. The van der Waals surface area contributed by atoms with E-state index >= 15 is 0 Å². The van der Waals surface area contributed by atoms with E-state index in [1.165, 1.54) is 0 Å². The molecule has 1 aromatic carbocycles. The zero-order valence-corrected chi connectivity index (χ0v) is 18.2. The van der Waals surface area contributed by atoms with Crippen LogP contribution < -0.4 is 0 Å². The molecule has 1 fully saturated rings. The largest absolute Gasteiger partial charge is 0.303 e. The molecule has 1 aliphatic heterocycles. The van der Waals surface area contributed by atoms with Crippen molar-refractivity contribution in [2.24, 2.45) is 13.0 Å². The summed E-state index contributed by atoms with van der Waals surface area (Å²) in [6.45, 7) is 5.55.